The first-order valence-electron chi connectivity index (χ1n) is 5.40. The van der Waals surface area contributed by atoms with Crippen LogP contribution >= 0.6 is 0 Å². The van der Waals surface area contributed by atoms with Gasteiger partial charge in [-0.15, -0.1) is 0 Å². The molecule has 0 fully saturated rings. The fourth-order valence-electron chi connectivity index (χ4n) is 1.66. The van der Waals surface area contributed by atoms with Gasteiger partial charge in [0.2, 0.25) is 5.95 Å². The maximum absolute atomic E-state index is 7.35. The largest absolute Gasteiger partial charge is 0.357 e. The highest BCUT2D eigenvalue weighted by Crippen LogP contribution is 2.19. The van der Waals surface area contributed by atoms with E-state index in [1.54, 1.807) is 13.2 Å². The number of aromatic nitrogens is 2. The van der Waals surface area contributed by atoms with Gasteiger partial charge < -0.3 is 10.7 Å². The van der Waals surface area contributed by atoms with Gasteiger partial charge in [-0.3, -0.25) is 0 Å². The number of nitrogens with zero attached hydrogens (tertiary/aromatic N) is 2. The van der Waals surface area contributed by atoms with E-state index < -0.39 is 0 Å². The summed E-state index contributed by atoms with van der Waals surface area (Å²) in [4.78, 5) is 8.54. The number of fused-ring (bicyclic) bond motifs is 1. The monoisotopic (exact) mass is 226 g/mol. The van der Waals surface area contributed by atoms with Crippen molar-refractivity contribution in [2.75, 3.05) is 12.4 Å². The van der Waals surface area contributed by atoms with E-state index in [1.807, 2.05) is 31.2 Å². The van der Waals surface area contributed by atoms with Crippen molar-refractivity contribution in [1.29, 1.82) is 5.41 Å². The van der Waals surface area contributed by atoms with E-state index in [1.165, 1.54) is 6.21 Å². The zero-order chi connectivity index (χ0) is 12.3. The van der Waals surface area contributed by atoms with E-state index >= 15 is 0 Å². The Morgan fingerprint density at radius 3 is 2.88 bits per heavy atom. The van der Waals surface area contributed by atoms with Crippen molar-refractivity contribution in [3.63, 3.8) is 0 Å². The summed E-state index contributed by atoms with van der Waals surface area (Å²) in [5.41, 5.74) is 2.76. The summed E-state index contributed by atoms with van der Waals surface area (Å²) in [5.74, 6) is 0.603. The van der Waals surface area contributed by atoms with Crippen molar-refractivity contribution in [3.05, 3.63) is 36.0 Å². The Morgan fingerprint density at radius 2 is 2.24 bits per heavy atom. The highest BCUT2D eigenvalue weighted by atomic mass is 15.1. The van der Waals surface area contributed by atoms with Gasteiger partial charge in [-0.25, -0.2) is 9.97 Å². The fourth-order valence-corrected chi connectivity index (χ4v) is 1.66. The molecule has 4 nitrogen and oxygen atoms in total. The van der Waals surface area contributed by atoms with Gasteiger partial charge in [-0.2, -0.15) is 0 Å². The Labute approximate surface area is 99.9 Å². The average molecular weight is 226 g/mol. The molecule has 2 N–H and O–H groups in total. The summed E-state index contributed by atoms with van der Waals surface area (Å²) < 4.78 is 0. The van der Waals surface area contributed by atoms with Gasteiger partial charge in [-0.1, -0.05) is 18.2 Å². The quantitative estimate of drug-likeness (QED) is 0.791. The molecular formula is C13H14N4. The van der Waals surface area contributed by atoms with Crippen molar-refractivity contribution < 1.29 is 0 Å². The molecule has 0 aliphatic rings. The van der Waals surface area contributed by atoms with Crippen molar-refractivity contribution >= 4 is 28.6 Å². The highest BCUT2D eigenvalue weighted by Gasteiger charge is 2.02. The SMILES string of the molecule is C/C=C(\C=N)c1ccc2cnc(NC)nc2c1. The summed E-state index contributed by atoms with van der Waals surface area (Å²) in [6.45, 7) is 1.92. The van der Waals surface area contributed by atoms with Crippen LogP contribution in [0.3, 0.4) is 0 Å². The molecule has 1 aromatic heterocycles. The van der Waals surface area contributed by atoms with E-state index in [-0.39, 0.29) is 0 Å². The van der Waals surface area contributed by atoms with Gasteiger partial charge >= 0.3 is 0 Å². The van der Waals surface area contributed by atoms with E-state index in [0.717, 1.165) is 22.0 Å². The zero-order valence-electron chi connectivity index (χ0n) is 9.86. The van der Waals surface area contributed by atoms with Crippen LogP contribution in [0.5, 0.6) is 0 Å². The molecule has 0 atom stereocenters. The molecule has 2 rings (SSSR count). The van der Waals surface area contributed by atoms with E-state index in [9.17, 15) is 0 Å². The van der Waals surface area contributed by atoms with Crippen molar-refractivity contribution in [2.24, 2.45) is 0 Å². The third-order valence-electron chi connectivity index (χ3n) is 2.61. The standard InChI is InChI=1S/C13H14N4/c1-3-9(7-14)10-4-5-11-8-16-13(15-2)17-12(11)6-10/h3-8,14H,1-2H3,(H,15,16,17)/b9-3+,14-7?. The lowest BCUT2D eigenvalue weighted by molar-refractivity contribution is 1.19. The van der Waals surface area contributed by atoms with Gasteiger partial charge in [0.25, 0.3) is 0 Å². The second-order valence-electron chi connectivity index (χ2n) is 3.61. The van der Waals surface area contributed by atoms with Crippen molar-refractivity contribution in [2.45, 2.75) is 6.92 Å². The summed E-state index contributed by atoms with van der Waals surface area (Å²) >= 11 is 0. The predicted octanol–water partition coefficient (Wildman–Crippen LogP) is 2.72. The lowest BCUT2D eigenvalue weighted by Gasteiger charge is -2.04. The number of rotatable bonds is 3. The number of allylic oxidation sites excluding steroid dienone is 2. The van der Waals surface area contributed by atoms with Crippen LogP contribution in [-0.4, -0.2) is 23.2 Å². The summed E-state index contributed by atoms with van der Waals surface area (Å²) in [6.07, 6.45) is 5.05. The van der Waals surface area contributed by atoms with Crippen molar-refractivity contribution in [3.8, 4) is 0 Å². The Morgan fingerprint density at radius 1 is 1.41 bits per heavy atom. The van der Waals surface area contributed by atoms with Gasteiger partial charge in [0.15, 0.2) is 0 Å². The van der Waals surface area contributed by atoms with Crippen LogP contribution in [0.1, 0.15) is 12.5 Å². The summed E-state index contributed by atoms with van der Waals surface area (Å²) in [6, 6.07) is 5.92. The Balaban J connectivity index is 2.59. The molecule has 0 radical (unpaired) electrons. The number of benzene rings is 1. The van der Waals surface area contributed by atoms with Crippen LogP contribution < -0.4 is 5.32 Å². The lowest BCUT2D eigenvalue weighted by Crippen LogP contribution is -1.96. The molecule has 0 aliphatic heterocycles. The van der Waals surface area contributed by atoms with Gasteiger partial charge in [-0.05, 0) is 24.1 Å². The highest BCUT2D eigenvalue weighted by molar-refractivity contribution is 6.09. The van der Waals surface area contributed by atoms with E-state index in [0.29, 0.717) is 5.95 Å². The first-order valence-corrected chi connectivity index (χ1v) is 5.40. The molecule has 2 aromatic rings. The smallest absolute Gasteiger partial charge is 0.222 e. The number of anilines is 1. The minimum absolute atomic E-state index is 0.603. The molecule has 0 aliphatic carbocycles. The average Bonchev–Trinajstić information content (AvgIpc) is 2.39. The molecule has 0 saturated carbocycles. The fraction of sp³-hybridized carbons (Fsp3) is 0.154. The minimum atomic E-state index is 0.603. The minimum Gasteiger partial charge on any atom is -0.357 e. The van der Waals surface area contributed by atoms with E-state index in [2.05, 4.69) is 15.3 Å². The van der Waals surface area contributed by atoms with Gasteiger partial charge in [0.1, 0.15) is 0 Å². The zero-order valence-corrected chi connectivity index (χ0v) is 9.86. The van der Waals surface area contributed by atoms with Crippen LogP contribution in [0.4, 0.5) is 5.95 Å². The molecule has 1 aromatic carbocycles. The lowest BCUT2D eigenvalue weighted by atomic mass is 10.1. The van der Waals surface area contributed by atoms with Crippen LogP contribution in [0, 0.1) is 5.41 Å². The van der Waals surface area contributed by atoms with Crippen LogP contribution in [-0.2, 0) is 0 Å². The molecule has 0 bridgehead atoms. The summed E-state index contributed by atoms with van der Waals surface area (Å²) in [7, 11) is 1.79. The van der Waals surface area contributed by atoms with Crippen LogP contribution in [0.15, 0.2) is 30.5 Å². The molecule has 0 amide bonds. The summed E-state index contributed by atoms with van der Waals surface area (Å²) in [5, 5.41) is 11.3. The Bertz CT molecular complexity index is 587. The molecule has 0 saturated heterocycles. The first kappa shape index (κ1) is 11.3. The molecule has 0 spiro atoms. The number of hydrogen-bond donors (Lipinski definition) is 2. The second kappa shape index (κ2) is 4.74. The molecular weight excluding hydrogens is 212 g/mol. The molecule has 86 valence electrons. The molecule has 0 unspecified atom stereocenters. The third-order valence-corrected chi connectivity index (χ3v) is 2.61. The Hall–Kier alpha value is -2.23. The van der Waals surface area contributed by atoms with Gasteiger partial charge in [0.05, 0.1) is 5.52 Å². The predicted molar refractivity (Wildman–Crippen MR) is 71.5 cm³/mol. The molecule has 4 heteroatoms. The maximum atomic E-state index is 7.35. The van der Waals surface area contributed by atoms with Crippen LogP contribution in [0.2, 0.25) is 0 Å². The topological polar surface area (TPSA) is 61.7 Å². The normalized spacial score (nSPS) is 11.5. The second-order valence-corrected chi connectivity index (χ2v) is 3.61. The first-order chi connectivity index (χ1) is 8.28. The third kappa shape index (κ3) is 2.15. The van der Waals surface area contributed by atoms with Crippen LogP contribution in [0.25, 0.3) is 16.5 Å². The van der Waals surface area contributed by atoms with E-state index in [4.69, 9.17) is 5.41 Å². The number of nitrogens with one attached hydrogen (secondary N) is 2. The maximum Gasteiger partial charge on any atom is 0.222 e. The number of hydrogen-bond acceptors (Lipinski definition) is 4. The molecule has 17 heavy (non-hydrogen) atoms. The van der Waals surface area contributed by atoms with Crippen molar-refractivity contribution in [1.82, 2.24) is 9.97 Å². The Kier molecular flexibility index (Phi) is 3.14. The van der Waals surface area contributed by atoms with Gasteiger partial charge in [0, 0.05) is 24.8 Å². The molecule has 1 heterocycles.